The maximum Gasteiger partial charge on any atom is 0.136 e. The molecule has 3 N–H and O–H groups in total. The van der Waals surface area contributed by atoms with Crippen molar-refractivity contribution in [2.45, 2.75) is 32.1 Å². The maximum absolute atomic E-state index is 9.07. The van der Waals surface area contributed by atoms with Crippen molar-refractivity contribution in [3.8, 4) is 0 Å². The molecule has 0 spiro atoms. The highest BCUT2D eigenvalue weighted by Gasteiger charge is 2.27. The number of anilines is 2. The summed E-state index contributed by atoms with van der Waals surface area (Å²) in [5.41, 5.74) is 5.81. The molecule has 1 aliphatic carbocycles. The van der Waals surface area contributed by atoms with Crippen LogP contribution in [0.1, 0.15) is 37.9 Å². The normalized spacial score (nSPS) is 14.9. The molecule has 1 aliphatic rings. The van der Waals surface area contributed by atoms with Gasteiger partial charge in [0.05, 0.1) is 6.61 Å². The van der Waals surface area contributed by atoms with Crippen LogP contribution in [0.5, 0.6) is 0 Å². The maximum atomic E-state index is 9.07. The minimum absolute atomic E-state index is 0.128. The van der Waals surface area contributed by atoms with Gasteiger partial charge in [-0.3, -0.25) is 0 Å². The second kappa shape index (κ2) is 5.31. The summed E-state index contributed by atoms with van der Waals surface area (Å²) in [6.45, 7) is 3.70. The second-order valence-corrected chi connectivity index (χ2v) is 4.49. The van der Waals surface area contributed by atoms with Crippen molar-refractivity contribution in [3.63, 3.8) is 0 Å². The Morgan fingerprint density at radius 3 is 2.76 bits per heavy atom. The molecule has 0 aliphatic heterocycles. The van der Waals surface area contributed by atoms with Gasteiger partial charge in [0.1, 0.15) is 17.5 Å². The van der Waals surface area contributed by atoms with Crippen molar-refractivity contribution in [1.29, 1.82) is 0 Å². The molecule has 94 valence electrons. The van der Waals surface area contributed by atoms with Gasteiger partial charge >= 0.3 is 0 Å². The van der Waals surface area contributed by atoms with E-state index in [1.807, 2.05) is 0 Å². The van der Waals surface area contributed by atoms with Crippen LogP contribution in [-0.4, -0.2) is 34.8 Å². The Balaban J connectivity index is 2.21. The number of aromatic nitrogens is 2. The highest BCUT2D eigenvalue weighted by Crippen LogP contribution is 2.38. The van der Waals surface area contributed by atoms with E-state index in [9.17, 15) is 0 Å². The first-order chi connectivity index (χ1) is 8.24. The number of aliphatic hydroxyl groups is 1. The number of hydrogen-bond acceptors (Lipinski definition) is 5. The molecule has 1 heterocycles. The first kappa shape index (κ1) is 12.1. The van der Waals surface area contributed by atoms with Gasteiger partial charge in [0.15, 0.2) is 0 Å². The van der Waals surface area contributed by atoms with Crippen LogP contribution in [0.25, 0.3) is 0 Å². The number of nitrogens with two attached hydrogens (primary N) is 1. The molecule has 0 amide bonds. The molecule has 1 aromatic rings. The predicted molar refractivity (Wildman–Crippen MR) is 68.0 cm³/mol. The van der Waals surface area contributed by atoms with E-state index < -0.39 is 0 Å². The molecule has 2 rings (SSSR count). The zero-order chi connectivity index (χ0) is 12.3. The lowest BCUT2D eigenvalue weighted by Crippen LogP contribution is -2.28. The molecule has 0 saturated heterocycles. The fraction of sp³-hybridized carbons (Fsp3) is 0.667. The van der Waals surface area contributed by atoms with Crippen molar-refractivity contribution >= 4 is 11.6 Å². The molecule has 0 bridgehead atoms. The Hall–Kier alpha value is -1.36. The van der Waals surface area contributed by atoms with Crippen molar-refractivity contribution in [2.24, 2.45) is 0 Å². The SMILES string of the molecule is CCCN(CCO)c1cc(N)nc(C2CC2)n1. The predicted octanol–water partition coefficient (Wildman–Crippen LogP) is 1.14. The Kier molecular flexibility index (Phi) is 3.78. The molecule has 17 heavy (non-hydrogen) atoms. The first-order valence-electron chi connectivity index (χ1n) is 6.25. The summed E-state index contributed by atoms with van der Waals surface area (Å²) >= 11 is 0. The van der Waals surface area contributed by atoms with Crippen LogP contribution in [0.2, 0.25) is 0 Å². The summed E-state index contributed by atoms with van der Waals surface area (Å²) in [6.07, 6.45) is 3.34. The fourth-order valence-electron chi connectivity index (χ4n) is 1.89. The topological polar surface area (TPSA) is 75.3 Å². The van der Waals surface area contributed by atoms with Gasteiger partial charge in [-0.25, -0.2) is 9.97 Å². The van der Waals surface area contributed by atoms with Gasteiger partial charge < -0.3 is 15.7 Å². The van der Waals surface area contributed by atoms with Crippen LogP contribution >= 0.6 is 0 Å². The highest BCUT2D eigenvalue weighted by molar-refractivity contribution is 5.47. The number of nitrogen functional groups attached to an aromatic ring is 1. The zero-order valence-corrected chi connectivity index (χ0v) is 10.3. The Morgan fingerprint density at radius 1 is 1.41 bits per heavy atom. The molecule has 0 radical (unpaired) electrons. The lowest BCUT2D eigenvalue weighted by atomic mass is 10.3. The van der Waals surface area contributed by atoms with Gasteiger partial charge in [-0.05, 0) is 19.3 Å². The van der Waals surface area contributed by atoms with Gasteiger partial charge in [0.2, 0.25) is 0 Å². The van der Waals surface area contributed by atoms with Crippen LogP contribution in [0.3, 0.4) is 0 Å². The standard InChI is InChI=1S/C12H20N4O/c1-2-5-16(6-7-17)11-8-10(13)14-12(15-11)9-3-4-9/h8-9,17H,2-7H2,1H3,(H2,13,14,15). The molecule has 5 heteroatoms. The summed E-state index contributed by atoms with van der Waals surface area (Å²) in [6, 6.07) is 1.79. The Bertz CT molecular complexity index is 373. The molecule has 1 saturated carbocycles. The van der Waals surface area contributed by atoms with Crippen LogP contribution < -0.4 is 10.6 Å². The minimum Gasteiger partial charge on any atom is -0.395 e. The van der Waals surface area contributed by atoms with E-state index in [4.69, 9.17) is 10.8 Å². The zero-order valence-electron chi connectivity index (χ0n) is 10.3. The third kappa shape index (κ3) is 3.06. The monoisotopic (exact) mass is 236 g/mol. The average Bonchev–Trinajstić information content (AvgIpc) is 3.12. The lowest BCUT2D eigenvalue weighted by Gasteiger charge is -2.22. The van der Waals surface area contributed by atoms with Crippen LogP contribution in [-0.2, 0) is 0 Å². The summed E-state index contributed by atoms with van der Waals surface area (Å²) in [5, 5.41) is 9.07. The smallest absolute Gasteiger partial charge is 0.136 e. The molecule has 1 aromatic heterocycles. The van der Waals surface area contributed by atoms with E-state index in [1.165, 1.54) is 0 Å². The summed E-state index contributed by atoms with van der Waals surface area (Å²) in [4.78, 5) is 10.9. The molecule has 0 atom stereocenters. The fourth-order valence-corrected chi connectivity index (χ4v) is 1.89. The van der Waals surface area contributed by atoms with E-state index in [0.29, 0.717) is 18.3 Å². The van der Waals surface area contributed by atoms with Crippen molar-refractivity contribution in [2.75, 3.05) is 30.3 Å². The van der Waals surface area contributed by atoms with Crippen molar-refractivity contribution in [3.05, 3.63) is 11.9 Å². The number of nitrogens with zero attached hydrogens (tertiary/aromatic N) is 3. The van der Waals surface area contributed by atoms with Gasteiger partial charge in [-0.2, -0.15) is 0 Å². The third-order valence-corrected chi connectivity index (χ3v) is 2.88. The van der Waals surface area contributed by atoms with Crippen molar-refractivity contribution < 1.29 is 5.11 Å². The van der Waals surface area contributed by atoms with Crippen LogP contribution in [0, 0.1) is 0 Å². The number of hydrogen-bond donors (Lipinski definition) is 2. The Morgan fingerprint density at radius 2 is 2.18 bits per heavy atom. The quantitative estimate of drug-likeness (QED) is 0.774. The Labute approximate surface area is 102 Å². The molecule has 0 unspecified atom stereocenters. The van der Waals surface area contributed by atoms with Gasteiger partial charge in [0.25, 0.3) is 0 Å². The lowest BCUT2D eigenvalue weighted by molar-refractivity contribution is 0.301. The van der Waals surface area contributed by atoms with E-state index >= 15 is 0 Å². The molecule has 5 nitrogen and oxygen atoms in total. The minimum atomic E-state index is 0.128. The van der Waals surface area contributed by atoms with Gasteiger partial charge in [-0.1, -0.05) is 6.92 Å². The van der Waals surface area contributed by atoms with Gasteiger partial charge in [-0.15, -0.1) is 0 Å². The highest BCUT2D eigenvalue weighted by atomic mass is 16.3. The van der Waals surface area contributed by atoms with E-state index in [2.05, 4.69) is 21.8 Å². The van der Waals surface area contributed by atoms with E-state index in [0.717, 1.165) is 37.4 Å². The van der Waals surface area contributed by atoms with Crippen LogP contribution in [0.15, 0.2) is 6.07 Å². The van der Waals surface area contributed by atoms with E-state index in [1.54, 1.807) is 6.07 Å². The summed E-state index contributed by atoms with van der Waals surface area (Å²) in [7, 11) is 0. The molecular formula is C12H20N4O. The molecule has 0 aromatic carbocycles. The number of rotatable bonds is 6. The number of aliphatic hydroxyl groups excluding tert-OH is 1. The molecular weight excluding hydrogens is 216 g/mol. The third-order valence-electron chi connectivity index (χ3n) is 2.88. The summed E-state index contributed by atoms with van der Waals surface area (Å²) < 4.78 is 0. The largest absolute Gasteiger partial charge is 0.395 e. The van der Waals surface area contributed by atoms with E-state index in [-0.39, 0.29) is 6.61 Å². The van der Waals surface area contributed by atoms with Crippen molar-refractivity contribution in [1.82, 2.24) is 9.97 Å². The van der Waals surface area contributed by atoms with Crippen LogP contribution in [0.4, 0.5) is 11.6 Å². The average molecular weight is 236 g/mol. The molecule has 1 fully saturated rings. The first-order valence-corrected chi connectivity index (χ1v) is 6.25. The second-order valence-electron chi connectivity index (χ2n) is 4.49. The van der Waals surface area contributed by atoms with Gasteiger partial charge in [0, 0.05) is 25.1 Å². The summed E-state index contributed by atoms with van der Waals surface area (Å²) in [5.74, 6) is 2.72.